The Hall–Kier alpha value is -0.640. The summed E-state index contributed by atoms with van der Waals surface area (Å²) in [6, 6.07) is 2.14. The Bertz CT molecular complexity index is 335. The highest BCUT2D eigenvalue weighted by Crippen LogP contribution is 2.22. The molecule has 1 fully saturated rings. The van der Waals surface area contributed by atoms with Crippen LogP contribution < -0.4 is 4.90 Å². The molecule has 4 heteroatoms. The summed E-state index contributed by atoms with van der Waals surface area (Å²) in [5.41, 5.74) is 1.16. The minimum Gasteiger partial charge on any atom is -0.356 e. The zero-order valence-corrected chi connectivity index (χ0v) is 11.3. The lowest BCUT2D eigenvalue weighted by Gasteiger charge is -2.30. The monoisotopic (exact) mass is 283 g/mol. The van der Waals surface area contributed by atoms with Crippen LogP contribution in [-0.4, -0.2) is 27.9 Å². The third-order valence-corrected chi connectivity index (χ3v) is 3.88. The second-order valence-electron chi connectivity index (χ2n) is 4.28. The predicted octanol–water partition coefficient (Wildman–Crippen LogP) is 2.79. The SMILES string of the molecule is CCCc1cc(N2CCC(Br)CC2)ncn1. The van der Waals surface area contributed by atoms with Gasteiger partial charge < -0.3 is 4.90 Å². The van der Waals surface area contributed by atoms with Crippen molar-refractivity contribution in [1.29, 1.82) is 0 Å². The van der Waals surface area contributed by atoms with E-state index >= 15 is 0 Å². The van der Waals surface area contributed by atoms with Crippen LogP contribution in [0.15, 0.2) is 12.4 Å². The number of hydrogen-bond donors (Lipinski definition) is 0. The number of hydrogen-bond acceptors (Lipinski definition) is 3. The standard InChI is InChI=1S/C12H18BrN3/c1-2-3-11-8-12(15-9-14-11)16-6-4-10(13)5-7-16/h8-10H,2-7H2,1H3. The fraction of sp³-hybridized carbons (Fsp3) is 0.667. The van der Waals surface area contributed by atoms with E-state index in [1.165, 1.54) is 12.8 Å². The van der Waals surface area contributed by atoms with Crippen LogP contribution in [0, 0.1) is 0 Å². The molecule has 1 aliphatic heterocycles. The second-order valence-corrected chi connectivity index (χ2v) is 5.57. The van der Waals surface area contributed by atoms with Crippen LogP contribution in [0.1, 0.15) is 31.9 Å². The van der Waals surface area contributed by atoms with Crippen molar-refractivity contribution in [3.63, 3.8) is 0 Å². The molecule has 0 saturated carbocycles. The average molecular weight is 284 g/mol. The Morgan fingerprint density at radius 1 is 1.38 bits per heavy atom. The van der Waals surface area contributed by atoms with E-state index in [-0.39, 0.29) is 0 Å². The van der Waals surface area contributed by atoms with Gasteiger partial charge in [0.15, 0.2) is 0 Å². The minimum absolute atomic E-state index is 0.681. The lowest BCUT2D eigenvalue weighted by Crippen LogP contribution is -2.34. The van der Waals surface area contributed by atoms with Crippen molar-refractivity contribution in [2.24, 2.45) is 0 Å². The molecule has 1 saturated heterocycles. The number of piperidine rings is 1. The second kappa shape index (κ2) is 5.62. The third-order valence-electron chi connectivity index (χ3n) is 2.96. The van der Waals surface area contributed by atoms with Gasteiger partial charge in [0.05, 0.1) is 0 Å². The van der Waals surface area contributed by atoms with Gasteiger partial charge in [0.25, 0.3) is 0 Å². The van der Waals surface area contributed by atoms with E-state index in [1.54, 1.807) is 6.33 Å². The number of rotatable bonds is 3. The minimum atomic E-state index is 0.681. The van der Waals surface area contributed by atoms with Gasteiger partial charge in [-0.25, -0.2) is 9.97 Å². The van der Waals surface area contributed by atoms with E-state index < -0.39 is 0 Å². The number of halogens is 1. The highest BCUT2D eigenvalue weighted by Gasteiger charge is 2.18. The van der Waals surface area contributed by atoms with E-state index in [4.69, 9.17) is 0 Å². The van der Waals surface area contributed by atoms with Crippen LogP contribution in [0.3, 0.4) is 0 Å². The van der Waals surface area contributed by atoms with Crippen molar-refractivity contribution < 1.29 is 0 Å². The van der Waals surface area contributed by atoms with Crippen molar-refractivity contribution in [2.75, 3.05) is 18.0 Å². The fourth-order valence-corrected chi connectivity index (χ4v) is 2.44. The van der Waals surface area contributed by atoms with E-state index in [0.717, 1.165) is 37.4 Å². The molecule has 0 N–H and O–H groups in total. The van der Waals surface area contributed by atoms with Gasteiger partial charge in [-0.2, -0.15) is 0 Å². The Labute approximate surface area is 105 Å². The summed E-state index contributed by atoms with van der Waals surface area (Å²) in [5, 5.41) is 0. The largest absolute Gasteiger partial charge is 0.356 e. The van der Waals surface area contributed by atoms with Gasteiger partial charge in [0.1, 0.15) is 12.1 Å². The Morgan fingerprint density at radius 2 is 2.12 bits per heavy atom. The van der Waals surface area contributed by atoms with Crippen LogP contribution in [0.2, 0.25) is 0 Å². The molecular formula is C12H18BrN3. The summed E-state index contributed by atoms with van der Waals surface area (Å²) < 4.78 is 0. The van der Waals surface area contributed by atoms with Crippen LogP contribution in [0.25, 0.3) is 0 Å². The first kappa shape index (κ1) is 11.8. The number of alkyl halides is 1. The first-order valence-electron chi connectivity index (χ1n) is 5.99. The summed E-state index contributed by atoms with van der Waals surface area (Å²) >= 11 is 3.67. The van der Waals surface area contributed by atoms with Gasteiger partial charge in [-0.3, -0.25) is 0 Å². The summed E-state index contributed by atoms with van der Waals surface area (Å²) in [5.74, 6) is 1.10. The van der Waals surface area contributed by atoms with Crippen LogP contribution in [-0.2, 0) is 6.42 Å². The van der Waals surface area contributed by atoms with E-state index in [2.05, 4.69) is 43.8 Å². The van der Waals surface area contributed by atoms with Crippen molar-refractivity contribution in [1.82, 2.24) is 9.97 Å². The molecule has 0 aliphatic carbocycles. The number of aryl methyl sites for hydroxylation is 1. The third kappa shape index (κ3) is 2.94. The molecule has 2 heterocycles. The highest BCUT2D eigenvalue weighted by molar-refractivity contribution is 9.09. The summed E-state index contributed by atoms with van der Waals surface area (Å²) in [7, 11) is 0. The molecule has 1 aromatic heterocycles. The maximum absolute atomic E-state index is 4.37. The normalized spacial score (nSPS) is 17.8. The fourth-order valence-electron chi connectivity index (χ4n) is 2.03. The number of aromatic nitrogens is 2. The molecule has 1 aliphatic rings. The molecule has 2 rings (SSSR count). The van der Waals surface area contributed by atoms with E-state index in [9.17, 15) is 0 Å². The number of anilines is 1. The molecule has 0 unspecified atom stereocenters. The topological polar surface area (TPSA) is 29.0 Å². The van der Waals surface area contributed by atoms with Crippen molar-refractivity contribution in [3.05, 3.63) is 18.1 Å². The molecule has 0 bridgehead atoms. The Kier molecular flexibility index (Phi) is 4.16. The molecule has 1 aromatic rings. The first-order chi connectivity index (χ1) is 7.79. The van der Waals surface area contributed by atoms with Crippen molar-refractivity contribution >= 4 is 21.7 Å². The van der Waals surface area contributed by atoms with Crippen LogP contribution >= 0.6 is 15.9 Å². The predicted molar refractivity (Wildman–Crippen MR) is 70.2 cm³/mol. The molecule has 3 nitrogen and oxygen atoms in total. The highest BCUT2D eigenvalue weighted by atomic mass is 79.9. The Morgan fingerprint density at radius 3 is 2.81 bits per heavy atom. The van der Waals surface area contributed by atoms with Gasteiger partial charge in [0, 0.05) is 29.7 Å². The van der Waals surface area contributed by atoms with Gasteiger partial charge >= 0.3 is 0 Å². The van der Waals surface area contributed by atoms with Crippen LogP contribution in [0.4, 0.5) is 5.82 Å². The van der Waals surface area contributed by atoms with Gasteiger partial charge in [-0.1, -0.05) is 29.3 Å². The molecule has 0 amide bonds. The molecule has 0 atom stereocenters. The number of nitrogens with zero attached hydrogens (tertiary/aromatic N) is 3. The average Bonchev–Trinajstić information content (AvgIpc) is 2.31. The lowest BCUT2D eigenvalue weighted by molar-refractivity contribution is 0.591. The summed E-state index contributed by atoms with van der Waals surface area (Å²) in [4.78, 5) is 11.7. The van der Waals surface area contributed by atoms with Crippen LogP contribution in [0.5, 0.6) is 0 Å². The first-order valence-corrected chi connectivity index (χ1v) is 6.91. The Balaban J connectivity index is 2.05. The maximum Gasteiger partial charge on any atom is 0.132 e. The van der Waals surface area contributed by atoms with Gasteiger partial charge in [-0.05, 0) is 19.3 Å². The van der Waals surface area contributed by atoms with Gasteiger partial charge in [-0.15, -0.1) is 0 Å². The van der Waals surface area contributed by atoms with E-state index in [0.29, 0.717) is 4.83 Å². The summed E-state index contributed by atoms with van der Waals surface area (Å²) in [6.07, 6.45) is 6.28. The zero-order chi connectivity index (χ0) is 11.4. The van der Waals surface area contributed by atoms with Crippen molar-refractivity contribution in [2.45, 2.75) is 37.4 Å². The maximum atomic E-state index is 4.37. The smallest absolute Gasteiger partial charge is 0.132 e. The molecular weight excluding hydrogens is 266 g/mol. The van der Waals surface area contributed by atoms with Crippen molar-refractivity contribution in [3.8, 4) is 0 Å². The van der Waals surface area contributed by atoms with E-state index in [1.807, 2.05) is 0 Å². The molecule has 88 valence electrons. The zero-order valence-electron chi connectivity index (χ0n) is 9.69. The molecule has 0 aromatic carbocycles. The lowest BCUT2D eigenvalue weighted by atomic mass is 10.1. The molecule has 16 heavy (non-hydrogen) atoms. The summed E-state index contributed by atoms with van der Waals surface area (Å²) in [6.45, 7) is 4.37. The quantitative estimate of drug-likeness (QED) is 0.799. The molecule has 0 radical (unpaired) electrons. The van der Waals surface area contributed by atoms with Gasteiger partial charge in [0.2, 0.25) is 0 Å². The molecule has 0 spiro atoms.